The second-order valence-corrected chi connectivity index (χ2v) is 10.5. The predicted octanol–water partition coefficient (Wildman–Crippen LogP) is 4.31. The molecule has 1 aliphatic rings. The Labute approximate surface area is 191 Å². The van der Waals surface area contributed by atoms with E-state index in [0.717, 1.165) is 6.42 Å². The highest BCUT2D eigenvalue weighted by Gasteiger charge is 2.31. The lowest BCUT2D eigenvalue weighted by Gasteiger charge is -2.34. The number of rotatable bonds is 5. The molecule has 0 aliphatic carbocycles. The monoisotopic (exact) mass is 474 g/mol. The zero-order chi connectivity index (χ0) is 22.9. The quantitative estimate of drug-likeness (QED) is 0.590. The number of nitrogens with one attached hydrogen (secondary N) is 1. The molecule has 8 nitrogen and oxygen atoms in total. The van der Waals surface area contributed by atoms with Crippen molar-refractivity contribution in [3.63, 3.8) is 0 Å². The van der Waals surface area contributed by atoms with E-state index in [2.05, 4.69) is 29.4 Å². The summed E-state index contributed by atoms with van der Waals surface area (Å²) in [5.41, 5.74) is 0.819. The van der Waals surface area contributed by atoms with Crippen molar-refractivity contribution in [3.05, 3.63) is 59.1 Å². The van der Waals surface area contributed by atoms with Gasteiger partial charge in [-0.05, 0) is 54.7 Å². The van der Waals surface area contributed by atoms with E-state index in [-0.39, 0.29) is 22.4 Å². The van der Waals surface area contributed by atoms with Gasteiger partial charge in [-0.2, -0.15) is 4.31 Å². The molecular formula is C22H23ClN4O4S. The number of carbonyl (C=O) groups is 1. The number of nitrogens with zero attached hydrogens (tertiary/aromatic N) is 3. The van der Waals surface area contributed by atoms with Gasteiger partial charge in [0.15, 0.2) is 0 Å². The molecule has 10 heteroatoms. The van der Waals surface area contributed by atoms with Crippen LogP contribution in [0.4, 0.5) is 6.01 Å². The van der Waals surface area contributed by atoms with E-state index in [4.69, 9.17) is 16.0 Å². The van der Waals surface area contributed by atoms with Crippen LogP contribution in [-0.2, 0) is 10.0 Å². The minimum Gasteiger partial charge on any atom is -0.403 e. The first-order valence-electron chi connectivity index (χ1n) is 10.2. The summed E-state index contributed by atoms with van der Waals surface area (Å²) < 4.78 is 33.0. The molecule has 1 aromatic heterocycles. The highest BCUT2D eigenvalue weighted by Crippen LogP contribution is 2.28. The summed E-state index contributed by atoms with van der Waals surface area (Å²) >= 11 is 6.13. The Morgan fingerprint density at radius 3 is 2.38 bits per heavy atom. The van der Waals surface area contributed by atoms with Gasteiger partial charge in [0, 0.05) is 18.7 Å². The second-order valence-electron chi connectivity index (χ2n) is 8.14. The summed E-state index contributed by atoms with van der Waals surface area (Å²) in [7, 11) is -3.61. The van der Waals surface area contributed by atoms with Gasteiger partial charge in [0.2, 0.25) is 10.0 Å². The van der Waals surface area contributed by atoms with E-state index in [1.165, 1.54) is 28.6 Å². The van der Waals surface area contributed by atoms with Crippen LogP contribution in [0.25, 0.3) is 11.5 Å². The van der Waals surface area contributed by atoms with Crippen molar-refractivity contribution in [1.82, 2.24) is 14.5 Å². The third-order valence-electron chi connectivity index (χ3n) is 5.34. The second kappa shape index (κ2) is 9.01. The Morgan fingerprint density at radius 2 is 1.72 bits per heavy atom. The van der Waals surface area contributed by atoms with E-state index in [9.17, 15) is 13.2 Å². The maximum atomic E-state index is 13.0. The molecule has 2 unspecified atom stereocenters. The number of aromatic nitrogens is 2. The molecule has 2 heterocycles. The molecule has 0 saturated carbocycles. The third-order valence-corrected chi connectivity index (χ3v) is 7.51. The zero-order valence-electron chi connectivity index (χ0n) is 17.7. The molecule has 1 amide bonds. The molecule has 0 bridgehead atoms. The minimum absolute atomic E-state index is 0.0853. The molecule has 1 saturated heterocycles. The van der Waals surface area contributed by atoms with Gasteiger partial charge < -0.3 is 4.42 Å². The number of halogens is 1. The SMILES string of the molecule is CC1CC(C)CN(S(=O)(=O)c2ccc(C(=O)Nc3nnc(-c4ccccc4Cl)o3)cc2)C1. The number of carbonyl (C=O) groups excluding carboxylic acids is 1. The highest BCUT2D eigenvalue weighted by molar-refractivity contribution is 7.89. The van der Waals surface area contributed by atoms with Gasteiger partial charge in [0.05, 0.1) is 15.5 Å². The smallest absolute Gasteiger partial charge is 0.322 e. The molecule has 2 aromatic carbocycles. The van der Waals surface area contributed by atoms with Gasteiger partial charge in [-0.1, -0.05) is 42.7 Å². The Bertz CT molecular complexity index is 1220. The number of sulfonamides is 1. The number of hydrogen-bond donors (Lipinski definition) is 1. The molecule has 32 heavy (non-hydrogen) atoms. The maximum absolute atomic E-state index is 13.0. The predicted molar refractivity (Wildman–Crippen MR) is 121 cm³/mol. The van der Waals surface area contributed by atoms with Crippen molar-refractivity contribution in [2.75, 3.05) is 18.4 Å². The molecule has 0 radical (unpaired) electrons. The van der Waals surface area contributed by atoms with Crippen molar-refractivity contribution in [1.29, 1.82) is 0 Å². The first-order chi connectivity index (χ1) is 15.2. The van der Waals surface area contributed by atoms with Gasteiger partial charge in [0.1, 0.15) is 0 Å². The fourth-order valence-electron chi connectivity index (χ4n) is 3.92. The topological polar surface area (TPSA) is 105 Å². The van der Waals surface area contributed by atoms with E-state index in [1.54, 1.807) is 24.3 Å². The zero-order valence-corrected chi connectivity index (χ0v) is 19.2. The van der Waals surface area contributed by atoms with Crippen LogP contribution < -0.4 is 5.32 Å². The molecule has 4 rings (SSSR count). The number of benzene rings is 2. The fourth-order valence-corrected chi connectivity index (χ4v) is 5.81. The van der Waals surface area contributed by atoms with E-state index in [1.807, 2.05) is 0 Å². The lowest BCUT2D eigenvalue weighted by molar-refractivity contribution is 0.102. The molecule has 1 fully saturated rings. The van der Waals surface area contributed by atoms with Gasteiger partial charge in [-0.15, -0.1) is 5.10 Å². The Hall–Kier alpha value is -2.75. The van der Waals surface area contributed by atoms with Crippen LogP contribution in [-0.4, -0.2) is 41.9 Å². The van der Waals surface area contributed by atoms with Crippen molar-refractivity contribution in [2.24, 2.45) is 11.8 Å². The lowest BCUT2D eigenvalue weighted by atomic mass is 9.94. The Balaban J connectivity index is 1.46. The summed E-state index contributed by atoms with van der Waals surface area (Å²) in [6, 6.07) is 12.7. The third kappa shape index (κ3) is 4.69. The first kappa shape index (κ1) is 22.4. The number of piperidine rings is 1. The van der Waals surface area contributed by atoms with Crippen LogP contribution in [0.15, 0.2) is 57.8 Å². The molecule has 0 spiro atoms. The maximum Gasteiger partial charge on any atom is 0.322 e. The van der Waals surface area contributed by atoms with Crippen molar-refractivity contribution in [2.45, 2.75) is 25.2 Å². The van der Waals surface area contributed by atoms with E-state index >= 15 is 0 Å². The van der Waals surface area contributed by atoms with E-state index in [0.29, 0.717) is 35.5 Å². The largest absolute Gasteiger partial charge is 0.403 e. The minimum atomic E-state index is -3.61. The van der Waals surface area contributed by atoms with Crippen LogP contribution in [0, 0.1) is 11.8 Å². The lowest BCUT2D eigenvalue weighted by Crippen LogP contribution is -2.42. The molecule has 168 valence electrons. The van der Waals surface area contributed by atoms with E-state index < -0.39 is 15.9 Å². The molecular weight excluding hydrogens is 452 g/mol. The van der Waals surface area contributed by atoms with Gasteiger partial charge >= 0.3 is 6.01 Å². The van der Waals surface area contributed by atoms with Crippen LogP contribution >= 0.6 is 11.6 Å². The molecule has 3 aromatic rings. The van der Waals surface area contributed by atoms with Crippen LogP contribution in [0.5, 0.6) is 0 Å². The molecule has 1 N–H and O–H groups in total. The van der Waals surface area contributed by atoms with Crippen LogP contribution in [0.3, 0.4) is 0 Å². The number of amides is 1. The summed E-state index contributed by atoms with van der Waals surface area (Å²) in [6.45, 7) is 5.11. The van der Waals surface area contributed by atoms with Crippen LogP contribution in [0.1, 0.15) is 30.6 Å². The Kier molecular flexibility index (Phi) is 6.32. The van der Waals surface area contributed by atoms with Crippen molar-refractivity contribution < 1.29 is 17.6 Å². The molecule has 1 aliphatic heterocycles. The van der Waals surface area contributed by atoms with Gasteiger partial charge in [-0.25, -0.2) is 8.42 Å². The number of hydrogen-bond acceptors (Lipinski definition) is 6. The Morgan fingerprint density at radius 1 is 1.06 bits per heavy atom. The molecule has 2 atom stereocenters. The van der Waals surface area contributed by atoms with Crippen LogP contribution in [0.2, 0.25) is 5.02 Å². The standard InChI is InChI=1S/C22H23ClN4O4S/c1-14-11-15(2)13-27(12-14)32(29,30)17-9-7-16(8-10-17)20(28)24-22-26-25-21(31-22)18-5-3-4-6-19(18)23/h3-10,14-15H,11-13H2,1-2H3,(H,24,26,28). The average Bonchev–Trinajstić information content (AvgIpc) is 3.21. The van der Waals surface area contributed by atoms with Gasteiger partial charge in [0.25, 0.3) is 11.8 Å². The number of anilines is 1. The summed E-state index contributed by atoms with van der Waals surface area (Å²) in [4.78, 5) is 12.7. The summed E-state index contributed by atoms with van der Waals surface area (Å²) in [6.07, 6.45) is 1.01. The average molecular weight is 475 g/mol. The normalized spacial score (nSPS) is 19.6. The summed E-state index contributed by atoms with van der Waals surface area (Å²) in [5.74, 6) is 0.299. The van der Waals surface area contributed by atoms with Gasteiger partial charge in [-0.3, -0.25) is 10.1 Å². The first-order valence-corrected chi connectivity index (χ1v) is 12.1. The van der Waals surface area contributed by atoms with Crippen molar-refractivity contribution in [3.8, 4) is 11.5 Å². The highest BCUT2D eigenvalue weighted by atomic mass is 35.5. The fraction of sp³-hybridized carbons (Fsp3) is 0.318. The summed E-state index contributed by atoms with van der Waals surface area (Å²) in [5, 5.41) is 10.7. The van der Waals surface area contributed by atoms with Crippen molar-refractivity contribution >= 4 is 33.5 Å².